The topological polar surface area (TPSA) is 106 Å². The van der Waals surface area contributed by atoms with Crippen LogP contribution in [0.2, 0.25) is 0 Å². The Labute approximate surface area is 215 Å². The molecule has 0 bridgehead atoms. The molecule has 2 aliphatic rings. The molecule has 0 spiro atoms. The van der Waals surface area contributed by atoms with Gasteiger partial charge >= 0.3 is 0 Å². The van der Waals surface area contributed by atoms with Crippen LogP contribution in [0.15, 0.2) is 60.8 Å². The summed E-state index contributed by atoms with van der Waals surface area (Å²) >= 11 is 0. The van der Waals surface area contributed by atoms with Crippen molar-refractivity contribution >= 4 is 22.3 Å². The molecule has 0 amide bonds. The van der Waals surface area contributed by atoms with Crippen LogP contribution in [0.25, 0.3) is 10.9 Å². The first kappa shape index (κ1) is 23.5. The lowest BCUT2D eigenvalue weighted by atomic mass is 9.94. The van der Waals surface area contributed by atoms with Gasteiger partial charge in [-0.3, -0.25) is 20.0 Å². The monoisotopic (exact) mass is 498 g/mol. The summed E-state index contributed by atoms with van der Waals surface area (Å²) in [6.45, 7) is 3.28. The number of pyridine rings is 1. The number of tetrazole rings is 1. The Kier molecular flexibility index (Phi) is 6.48. The summed E-state index contributed by atoms with van der Waals surface area (Å²) in [6, 6.07) is 17.6. The van der Waals surface area contributed by atoms with E-state index in [4.69, 9.17) is 0 Å². The summed E-state index contributed by atoms with van der Waals surface area (Å²) < 4.78 is 2.08. The molecule has 10 nitrogen and oxygen atoms in total. The first-order chi connectivity index (χ1) is 18.2. The van der Waals surface area contributed by atoms with E-state index in [0.29, 0.717) is 6.04 Å². The van der Waals surface area contributed by atoms with Crippen LogP contribution in [0.3, 0.4) is 0 Å². The second kappa shape index (κ2) is 10.2. The number of anilines is 1. The van der Waals surface area contributed by atoms with E-state index in [1.165, 1.54) is 19.3 Å². The lowest BCUT2D eigenvalue weighted by Crippen LogP contribution is -2.48. The van der Waals surface area contributed by atoms with Crippen molar-refractivity contribution in [3.63, 3.8) is 0 Å². The molecule has 6 rings (SSSR count). The molecule has 190 valence electrons. The molecule has 1 atom stereocenters. The Bertz CT molecular complexity index is 1370. The average Bonchev–Trinajstić information content (AvgIpc) is 3.43. The van der Waals surface area contributed by atoms with Gasteiger partial charge in [0.1, 0.15) is 0 Å². The fourth-order valence-corrected chi connectivity index (χ4v) is 5.78. The second-order valence-corrected chi connectivity index (χ2v) is 9.93. The van der Waals surface area contributed by atoms with Crippen LogP contribution in [0.4, 0.5) is 11.4 Å². The quantitative estimate of drug-likeness (QED) is 0.282. The molecule has 1 saturated heterocycles. The van der Waals surface area contributed by atoms with E-state index in [9.17, 15) is 10.1 Å². The number of non-ortho nitro benzene ring substituents is 1. The number of fused-ring (bicyclic) bond motifs is 1. The predicted octanol–water partition coefficient (Wildman–Crippen LogP) is 4.55. The van der Waals surface area contributed by atoms with Gasteiger partial charge in [0.25, 0.3) is 5.69 Å². The molecule has 1 aliphatic carbocycles. The molecule has 37 heavy (non-hydrogen) atoms. The van der Waals surface area contributed by atoms with Crippen molar-refractivity contribution in [2.24, 2.45) is 0 Å². The fourth-order valence-electron chi connectivity index (χ4n) is 5.78. The number of hydrogen-bond acceptors (Lipinski definition) is 8. The SMILES string of the molecule is O=[N+]([O-])c1ccc(N2CCN([C@@H](c3ccc4ncccc4c3)c3nnnn3C3CCCCC3)CC2)cc1. The summed E-state index contributed by atoms with van der Waals surface area (Å²) in [5.41, 5.74) is 3.25. The van der Waals surface area contributed by atoms with Gasteiger partial charge < -0.3 is 4.90 Å². The molecular formula is C27H30N8O2. The van der Waals surface area contributed by atoms with Gasteiger partial charge in [-0.15, -0.1) is 5.10 Å². The number of rotatable bonds is 6. The lowest BCUT2D eigenvalue weighted by molar-refractivity contribution is -0.384. The number of piperazine rings is 1. The summed E-state index contributed by atoms with van der Waals surface area (Å²) in [5.74, 6) is 0.902. The van der Waals surface area contributed by atoms with E-state index >= 15 is 0 Å². The summed E-state index contributed by atoms with van der Waals surface area (Å²) in [6.07, 6.45) is 7.75. The third-order valence-corrected chi connectivity index (χ3v) is 7.73. The van der Waals surface area contributed by atoms with Crippen molar-refractivity contribution in [3.8, 4) is 0 Å². The van der Waals surface area contributed by atoms with Gasteiger partial charge in [-0.2, -0.15) is 0 Å². The minimum atomic E-state index is -0.359. The largest absolute Gasteiger partial charge is 0.369 e. The predicted molar refractivity (Wildman–Crippen MR) is 140 cm³/mol. The zero-order valence-electron chi connectivity index (χ0n) is 20.7. The van der Waals surface area contributed by atoms with E-state index < -0.39 is 0 Å². The van der Waals surface area contributed by atoms with Crippen LogP contribution in [0.5, 0.6) is 0 Å². The number of hydrogen-bond donors (Lipinski definition) is 0. The number of nitro benzene ring substituents is 1. The minimum absolute atomic E-state index is 0.0689. The molecule has 1 saturated carbocycles. The van der Waals surface area contributed by atoms with E-state index in [-0.39, 0.29) is 16.7 Å². The molecule has 0 radical (unpaired) electrons. The third-order valence-electron chi connectivity index (χ3n) is 7.73. The van der Waals surface area contributed by atoms with E-state index in [2.05, 4.69) is 59.3 Å². The van der Waals surface area contributed by atoms with Gasteiger partial charge in [-0.1, -0.05) is 31.4 Å². The molecular weight excluding hydrogens is 468 g/mol. The van der Waals surface area contributed by atoms with Crippen molar-refractivity contribution in [2.75, 3.05) is 31.1 Å². The van der Waals surface area contributed by atoms with Crippen molar-refractivity contribution in [1.82, 2.24) is 30.1 Å². The maximum Gasteiger partial charge on any atom is 0.269 e. The summed E-state index contributed by atoms with van der Waals surface area (Å²) in [4.78, 5) is 19.9. The minimum Gasteiger partial charge on any atom is -0.369 e. The zero-order chi connectivity index (χ0) is 25.2. The number of nitro groups is 1. The van der Waals surface area contributed by atoms with Crippen LogP contribution in [0.1, 0.15) is 55.6 Å². The van der Waals surface area contributed by atoms with E-state index in [0.717, 1.165) is 67.0 Å². The Hall–Kier alpha value is -3.92. The van der Waals surface area contributed by atoms with Crippen molar-refractivity contribution in [2.45, 2.75) is 44.2 Å². The maximum absolute atomic E-state index is 11.0. The first-order valence-electron chi connectivity index (χ1n) is 13.0. The highest BCUT2D eigenvalue weighted by atomic mass is 16.6. The second-order valence-electron chi connectivity index (χ2n) is 9.93. The molecule has 3 heterocycles. The van der Waals surface area contributed by atoms with E-state index in [1.807, 2.05) is 24.4 Å². The molecule has 2 aromatic carbocycles. The molecule has 0 unspecified atom stereocenters. The van der Waals surface area contributed by atoms with Gasteiger partial charge in [0.2, 0.25) is 0 Å². The highest BCUT2D eigenvalue weighted by Crippen LogP contribution is 2.35. The normalized spacial score (nSPS) is 18.2. The smallest absolute Gasteiger partial charge is 0.269 e. The summed E-state index contributed by atoms with van der Waals surface area (Å²) in [5, 5.41) is 25.4. The van der Waals surface area contributed by atoms with Gasteiger partial charge in [0, 0.05) is 55.6 Å². The highest BCUT2D eigenvalue weighted by Gasteiger charge is 2.33. The molecule has 2 aromatic heterocycles. The van der Waals surface area contributed by atoms with Crippen LogP contribution >= 0.6 is 0 Å². The van der Waals surface area contributed by atoms with Crippen LogP contribution in [-0.4, -0.2) is 61.2 Å². The van der Waals surface area contributed by atoms with Gasteiger partial charge in [-0.05, 0) is 59.2 Å². The van der Waals surface area contributed by atoms with Gasteiger partial charge in [0.15, 0.2) is 5.82 Å². The van der Waals surface area contributed by atoms with Crippen LogP contribution in [-0.2, 0) is 0 Å². The molecule has 10 heteroatoms. The maximum atomic E-state index is 11.0. The number of aromatic nitrogens is 5. The van der Waals surface area contributed by atoms with Crippen LogP contribution in [0, 0.1) is 10.1 Å². The van der Waals surface area contributed by atoms with E-state index in [1.54, 1.807) is 12.1 Å². The van der Waals surface area contributed by atoms with Crippen molar-refractivity contribution in [1.29, 1.82) is 0 Å². The zero-order valence-corrected chi connectivity index (χ0v) is 20.7. The van der Waals surface area contributed by atoms with Crippen molar-refractivity contribution in [3.05, 3.63) is 82.3 Å². The standard InChI is InChI=1S/C27H30N8O2/c36-35(37)24-11-9-22(10-12-24)32-15-17-33(18-16-32)26(21-8-13-25-20(19-21)5-4-14-28-25)27-29-30-31-34(27)23-6-2-1-3-7-23/h4-5,8-14,19,23,26H,1-3,6-7,15-18H2/t26-/m0/s1. The fraction of sp³-hybridized carbons (Fsp3) is 0.407. The Morgan fingerprint density at radius 3 is 2.49 bits per heavy atom. The number of nitrogens with zero attached hydrogens (tertiary/aromatic N) is 8. The molecule has 4 aromatic rings. The van der Waals surface area contributed by atoms with Crippen LogP contribution < -0.4 is 4.90 Å². The Morgan fingerprint density at radius 1 is 0.946 bits per heavy atom. The third kappa shape index (κ3) is 4.76. The molecule has 0 N–H and O–H groups in total. The molecule has 1 aliphatic heterocycles. The average molecular weight is 499 g/mol. The van der Waals surface area contributed by atoms with Gasteiger partial charge in [-0.25, -0.2) is 4.68 Å². The summed E-state index contributed by atoms with van der Waals surface area (Å²) in [7, 11) is 0. The Morgan fingerprint density at radius 2 is 1.73 bits per heavy atom. The first-order valence-corrected chi connectivity index (χ1v) is 13.0. The van der Waals surface area contributed by atoms with Gasteiger partial charge in [0.05, 0.1) is 22.5 Å². The van der Waals surface area contributed by atoms with Crippen molar-refractivity contribution < 1.29 is 4.92 Å². The molecule has 2 fully saturated rings. The highest BCUT2D eigenvalue weighted by molar-refractivity contribution is 5.79. The number of benzene rings is 2. The Balaban J connectivity index is 1.30. The lowest BCUT2D eigenvalue weighted by Gasteiger charge is -2.40.